The molecule has 0 spiro atoms. The molecule has 8 nitrogen and oxygen atoms in total. The topological polar surface area (TPSA) is 94.8 Å². The van der Waals surface area contributed by atoms with E-state index < -0.39 is 0 Å². The van der Waals surface area contributed by atoms with E-state index in [1.165, 1.54) is 0 Å². The van der Waals surface area contributed by atoms with Gasteiger partial charge in [0, 0.05) is 23.5 Å². The molecule has 5 rings (SSSR count). The molecule has 8 heteroatoms. The van der Waals surface area contributed by atoms with Gasteiger partial charge in [0.15, 0.2) is 0 Å². The third-order valence-electron chi connectivity index (χ3n) is 6.02. The highest BCUT2D eigenvalue weighted by atomic mass is 16.5. The number of fused-ring (bicyclic) bond motifs is 1. The van der Waals surface area contributed by atoms with Gasteiger partial charge in [-0.2, -0.15) is 14.9 Å². The fourth-order valence-corrected chi connectivity index (χ4v) is 4.40. The quantitative estimate of drug-likeness (QED) is 0.513. The predicted molar refractivity (Wildman–Crippen MR) is 125 cm³/mol. The summed E-state index contributed by atoms with van der Waals surface area (Å²) in [7, 11) is 1.62. The van der Waals surface area contributed by atoms with Crippen LogP contribution >= 0.6 is 0 Å². The second kappa shape index (κ2) is 8.12. The molecule has 0 fully saturated rings. The zero-order valence-corrected chi connectivity index (χ0v) is 19.0. The van der Waals surface area contributed by atoms with E-state index in [4.69, 9.17) is 9.84 Å². The maximum absolute atomic E-state index is 12.7. The van der Waals surface area contributed by atoms with Gasteiger partial charge >= 0.3 is 0 Å². The monoisotopic (exact) mass is 440 g/mol. The first-order valence-corrected chi connectivity index (χ1v) is 10.8. The number of methoxy groups -OCH3 is 1. The van der Waals surface area contributed by atoms with Crippen molar-refractivity contribution < 1.29 is 9.53 Å². The summed E-state index contributed by atoms with van der Waals surface area (Å²) in [6, 6.07) is 13.9. The van der Waals surface area contributed by atoms with Gasteiger partial charge in [0.25, 0.3) is 5.95 Å². The van der Waals surface area contributed by atoms with Crippen molar-refractivity contribution in [1.82, 2.24) is 25.0 Å². The summed E-state index contributed by atoms with van der Waals surface area (Å²) >= 11 is 0. The summed E-state index contributed by atoms with van der Waals surface area (Å²) in [6.45, 7) is 6.09. The average Bonchev–Trinajstić information content (AvgIpc) is 3.16. The molecule has 166 valence electrons. The van der Waals surface area contributed by atoms with Crippen LogP contribution in [0.1, 0.15) is 40.3 Å². The van der Waals surface area contributed by atoms with Crippen molar-refractivity contribution >= 4 is 11.7 Å². The molecule has 0 saturated carbocycles. The highest BCUT2D eigenvalue weighted by Crippen LogP contribution is 2.41. The van der Waals surface area contributed by atoms with Gasteiger partial charge in [0.1, 0.15) is 11.6 Å². The van der Waals surface area contributed by atoms with E-state index in [1.54, 1.807) is 18.0 Å². The largest absolute Gasteiger partial charge is 0.497 e. The third-order valence-corrected chi connectivity index (χ3v) is 6.02. The number of benzene rings is 2. The van der Waals surface area contributed by atoms with Gasteiger partial charge in [-0.15, -0.1) is 5.10 Å². The highest BCUT2D eigenvalue weighted by Gasteiger charge is 2.34. The first-order valence-electron chi connectivity index (χ1n) is 10.8. The Hall–Kier alpha value is -4.07. The molecule has 33 heavy (non-hydrogen) atoms. The Balaban J connectivity index is 1.62. The van der Waals surface area contributed by atoms with E-state index in [-0.39, 0.29) is 11.8 Å². The van der Waals surface area contributed by atoms with Crippen molar-refractivity contribution in [2.45, 2.75) is 33.1 Å². The first kappa shape index (κ1) is 20.8. The van der Waals surface area contributed by atoms with Gasteiger partial charge in [0.05, 0.1) is 24.7 Å². The zero-order valence-electron chi connectivity index (χ0n) is 19.0. The number of rotatable bonds is 4. The van der Waals surface area contributed by atoms with Gasteiger partial charge in [-0.25, -0.2) is 4.98 Å². The molecule has 0 aliphatic carbocycles. The number of anilines is 1. The van der Waals surface area contributed by atoms with Crippen LogP contribution in [0.25, 0.3) is 17.2 Å². The normalized spacial score (nSPS) is 15.2. The molecule has 3 heterocycles. The SMILES string of the molecule is COc1cccc(-c2cnnc(-n3nc(C)c4c3NC(=O)CC4c3cc(C)ccc3C)n2)c1. The highest BCUT2D eigenvalue weighted by molar-refractivity contribution is 5.95. The number of carbonyl (C=O) groups is 1. The van der Waals surface area contributed by atoms with E-state index in [9.17, 15) is 4.79 Å². The molecule has 1 unspecified atom stereocenters. The molecular formula is C25H24N6O2. The molecule has 2 aromatic carbocycles. The summed E-state index contributed by atoms with van der Waals surface area (Å²) < 4.78 is 6.90. The number of amides is 1. The van der Waals surface area contributed by atoms with Crippen LogP contribution in [0.15, 0.2) is 48.7 Å². The number of aryl methyl sites for hydroxylation is 3. The lowest BCUT2D eigenvalue weighted by Gasteiger charge is -2.25. The number of carbonyl (C=O) groups excluding carboxylic acids is 1. The number of ether oxygens (including phenoxy) is 1. The Labute approximate surface area is 191 Å². The van der Waals surface area contributed by atoms with Crippen LogP contribution in [-0.4, -0.2) is 38.0 Å². The standard InChI is InChI=1S/C25H24N6O2/c1-14-8-9-15(2)19(10-14)20-12-22(32)28-24-23(20)16(3)30-31(24)25-27-21(13-26-29-25)17-6-5-7-18(11-17)33-4/h5-11,13,20H,12H2,1-4H3,(H,28,32). The Morgan fingerprint density at radius 2 is 1.97 bits per heavy atom. The van der Waals surface area contributed by atoms with Crippen LogP contribution in [0, 0.1) is 20.8 Å². The van der Waals surface area contributed by atoms with Gasteiger partial charge in [-0.3, -0.25) is 4.79 Å². The van der Waals surface area contributed by atoms with Crippen LogP contribution < -0.4 is 10.1 Å². The average molecular weight is 441 g/mol. The van der Waals surface area contributed by atoms with Gasteiger partial charge < -0.3 is 10.1 Å². The van der Waals surface area contributed by atoms with Gasteiger partial charge in [0.2, 0.25) is 5.91 Å². The van der Waals surface area contributed by atoms with E-state index in [0.717, 1.165) is 39.3 Å². The summed E-state index contributed by atoms with van der Waals surface area (Å²) in [5.41, 5.74) is 6.74. The molecule has 1 N–H and O–H groups in total. The minimum absolute atomic E-state index is 0.0635. The Morgan fingerprint density at radius 3 is 2.79 bits per heavy atom. The maximum Gasteiger partial charge on any atom is 0.272 e. The molecule has 1 aliphatic heterocycles. The number of hydrogen-bond acceptors (Lipinski definition) is 6. The second-order valence-corrected chi connectivity index (χ2v) is 8.30. The molecule has 0 bridgehead atoms. The van der Waals surface area contributed by atoms with Crippen LogP contribution in [0.2, 0.25) is 0 Å². The van der Waals surface area contributed by atoms with Crippen LogP contribution in [-0.2, 0) is 4.79 Å². The Kier molecular flexibility index (Phi) is 5.12. The molecule has 1 aliphatic rings. The minimum Gasteiger partial charge on any atom is -0.497 e. The molecule has 4 aromatic rings. The van der Waals surface area contributed by atoms with Crippen LogP contribution in [0.4, 0.5) is 5.82 Å². The third kappa shape index (κ3) is 3.73. The first-order chi connectivity index (χ1) is 15.9. The van der Waals surface area contributed by atoms with E-state index in [2.05, 4.69) is 52.5 Å². The van der Waals surface area contributed by atoms with Crippen molar-refractivity contribution in [2.75, 3.05) is 12.4 Å². The minimum atomic E-state index is -0.0862. The van der Waals surface area contributed by atoms with Gasteiger partial charge in [-0.1, -0.05) is 35.9 Å². The van der Waals surface area contributed by atoms with Crippen LogP contribution in [0.3, 0.4) is 0 Å². The summed E-state index contributed by atoms with van der Waals surface area (Å²) in [5.74, 6) is 1.47. The number of aromatic nitrogens is 5. The Morgan fingerprint density at radius 1 is 1.12 bits per heavy atom. The van der Waals surface area contributed by atoms with E-state index in [1.807, 2.05) is 31.2 Å². The molecule has 0 radical (unpaired) electrons. The summed E-state index contributed by atoms with van der Waals surface area (Å²) in [5, 5.41) is 16.1. The Bertz CT molecular complexity index is 1380. The number of nitrogens with zero attached hydrogens (tertiary/aromatic N) is 5. The van der Waals surface area contributed by atoms with Gasteiger partial charge in [-0.05, 0) is 44.0 Å². The summed E-state index contributed by atoms with van der Waals surface area (Å²) in [4.78, 5) is 17.4. The summed E-state index contributed by atoms with van der Waals surface area (Å²) in [6.07, 6.45) is 1.96. The van der Waals surface area contributed by atoms with Crippen molar-refractivity contribution in [3.63, 3.8) is 0 Å². The molecular weight excluding hydrogens is 416 g/mol. The fourth-order valence-electron chi connectivity index (χ4n) is 4.40. The van der Waals surface area contributed by atoms with Crippen molar-refractivity contribution in [3.05, 3.63) is 76.6 Å². The van der Waals surface area contributed by atoms with E-state index in [0.29, 0.717) is 23.9 Å². The van der Waals surface area contributed by atoms with Crippen molar-refractivity contribution in [3.8, 4) is 23.0 Å². The molecule has 1 amide bonds. The lowest BCUT2D eigenvalue weighted by Crippen LogP contribution is -2.25. The van der Waals surface area contributed by atoms with Crippen molar-refractivity contribution in [2.24, 2.45) is 0 Å². The maximum atomic E-state index is 12.7. The van der Waals surface area contributed by atoms with E-state index >= 15 is 0 Å². The predicted octanol–water partition coefficient (Wildman–Crippen LogP) is 4.13. The lowest BCUT2D eigenvalue weighted by molar-refractivity contribution is -0.116. The number of nitrogens with one attached hydrogen (secondary N) is 1. The molecule has 1 atom stereocenters. The zero-order chi connectivity index (χ0) is 23.1. The lowest BCUT2D eigenvalue weighted by atomic mass is 9.83. The second-order valence-electron chi connectivity index (χ2n) is 8.30. The molecule has 2 aromatic heterocycles. The smallest absolute Gasteiger partial charge is 0.272 e. The number of hydrogen-bond donors (Lipinski definition) is 1. The molecule has 0 saturated heterocycles. The fraction of sp³-hybridized carbons (Fsp3) is 0.240. The van der Waals surface area contributed by atoms with Crippen molar-refractivity contribution in [1.29, 1.82) is 0 Å². The van der Waals surface area contributed by atoms with Crippen LogP contribution in [0.5, 0.6) is 5.75 Å².